The Balaban J connectivity index is 2.60. The minimum absolute atomic E-state index is 0.474. The monoisotopic (exact) mass is 244 g/mol. The van der Waals surface area contributed by atoms with Crippen LogP contribution in [-0.2, 0) is 6.42 Å². The standard InChI is InChI=1S/C16H24N2/c1-11(2)14-10-17-8-5-6-13-7-9-18-16(12(3)4)15(13)14/h7,9-12,17H,5-6,8H2,1-4H3/b14-10-. The lowest BCUT2D eigenvalue weighted by Gasteiger charge is -2.23. The van der Waals surface area contributed by atoms with Crippen molar-refractivity contribution in [3.05, 3.63) is 35.3 Å². The van der Waals surface area contributed by atoms with Crippen LogP contribution >= 0.6 is 0 Å². The molecule has 0 aromatic carbocycles. The number of rotatable bonds is 2. The lowest BCUT2D eigenvalue weighted by molar-refractivity contribution is 0.719. The van der Waals surface area contributed by atoms with Crippen molar-refractivity contribution in [2.24, 2.45) is 5.92 Å². The number of nitrogens with zero attached hydrogens (tertiary/aromatic N) is 1. The van der Waals surface area contributed by atoms with Gasteiger partial charge >= 0.3 is 0 Å². The van der Waals surface area contributed by atoms with Crippen molar-refractivity contribution in [1.29, 1.82) is 0 Å². The van der Waals surface area contributed by atoms with E-state index in [0.717, 1.165) is 13.0 Å². The number of fused-ring (bicyclic) bond motifs is 1. The third-order valence-corrected chi connectivity index (χ3v) is 3.55. The lowest BCUT2D eigenvalue weighted by Crippen LogP contribution is -2.16. The molecule has 0 saturated carbocycles. The second-order valence-electron chi connectivity index (χ2n) is 5.70. The topological polar surface area (TPSA) is 24.9 Å². The fourth-order valence-electron chi connectivity index (χ4n) is 2.59. The van der Waals surface area contributed by atoms with Crippen LogP contribution in [0.5, 0.6) is 0 Å². The van der Waals surface area contributed by atoms with E-state index in [-0.39, 0.29) is 0 Å². The molecule has 1 aromatic rings. The van der Waals surface area contributed by atoms with Gasteiger partial charge < -0.3 is 5.32 Å². The van der Waals surface area contributed by atoms with Gasteiger partial charge in [-0.05, 0) is 41.9 Å². The Hall–Kier alpha value is -1.31. The van der Waals surface area contributed by atoms with Crippen molar-refractivity contribution in [2.75, 3.05) is 6.54 Å². The molecule has 0 fully saturated rings. The van der Waals surface area contributed by atoms with Gasteiger partial charge in [0.1, 0.15) is 0 Å². The quantitative estimate of drug-likeness (QED) is 0.857. The number of pyridine rings is 1. The molecule has 0 atom stereocenters. The second kappa shape index (κ2) is 5.55. The molecule has 0 amide bonds. The van der Waals surface area contributed by atoms with E-state index in [1.54, 1.807) is 0 Å². The van der Waals surface area contributed by atoms with E-state index >= 15 is 0 Å². The van der Waals surface area contributed by atoms with Crippen molar-refractivity contribution in [3.63, 3.8) is 0 Å². The number of aromatic nitrogens is 1. The third-order valence-electron chi connectivity index (χ3n) is 3.55. The molecule has 1 aromatic heterocycles. The van der Waals surface area contributed by atoms with Gasteiger partial charge in [-0.25, -0.2) is 0 Å². The molecule has 0 saturated heterocycles. The molecule has 98 valence electrons. The summed E-state index contributed by atoms with van der Waals surface area (Å²) in [6.07, 6.45) is 6.52. The Morgan fingerprint density at radius 2 is 1.94 bits per heavy atom. The largest absolute Gasteiger partial charge is 0.391 e. The van der Waals surface area contributed by atoms with Crippen LogP contribution in [0, 0.1) is 5.92 Å². The Kier molecular flexibility index (Phi) is 4.05. The molecule has 0 aliphatic carbocycles. The van der Waals surface area contributed by atoms with Gasteiger partial charge in [0.05, 0.1) is 5.69 Å². The van der Waals surface area contributed by atoms with E-state index in [4.69, 9.17) is 0 Å². The molecule has 18 heavy (non-hydrogen) atoms. The molecule has 1 aliphatic rings. The maximum Gasteiger partial charge on any atom is 0.0507 e. The van der Waals surface area contributed by atoms with Crippen LogP contribution in [0.15, 0.2) is 18.5 Å². The molecule has 2 rings (SSSR count). The minimum atomic E-state index is 0.474. The molecule has 2 heterocycles. The third kappa shape index (κ3) is 2.58. The first-order valence-electron chi connectivity index (χ1n) is 7.03. The summed E-state index contributed by atoms with van der Waals surface area (Å²) in [4.78, 5) is 4.63. The van der Waals surface area contributed by atoms with Gasteiger partial charge in [-0.3, -0.25) is 4.98 Å². The summed E-state index contributed by atoms with van der Waals surface area (Å²) >= 11 is 0. The first kappa shape index (κ1) is 13.1. The van der Waals surface area contributed by atoms with E-state index in [0.29, 0.717) is 11.8 Å². The number of nitrogens with one attached hydrogen (secondary N) is 1. The normalized spacial score (nSPS) is 18.7. The van der Waals surface area contributed by atoms with Gasteiger partial charge in [0, 0.05) is 24.5 Å². The maximum atomic E-state index is 4.63. The molecule has 2 heteroatoms. The fourth-order valence-corrected chi connectivity index (χ4v) is 2.59. The first-order chi connectivity index (χ1) is 8.61. The van der Waals surface area contributed by atoms with Crippen LogP contribution in [-0.4, -0.2) is 11.5 Å². The molecule has 0 spiro atoms. The highest BCUT2D eigenvalue weighted by Gasteiger charge is 2.19. The van der Waals surface area contributed by atoms with E-state index in [1.165, 1.54) is 28.8 Å². The predicted molar refractivity (Wildman–Crippen MR) is 77.5 cm³/mol. The molecule has 2 nitrogen and oxygen atoms in total. The summed E-state index contributed by atoms with van der Waals surface area (Å²) < 4.78 is 0. The van der Waals surface area contributed by atoms with Crippen LogP contribution in [0.3, 0.4) is 0 Å². The van der Waals surface area contributed by atoms with Gasteiger partial charge in [0.2, 0.25) is 0 Å². The average Bonchev–Trinajstić information content (AvgIpc) is 2.28. The van der Waals surface area contributed by atoms with Crippen LogP contribution < -0.4 is 5.32 Å². The van der Waals surface area contributed by atoms with Crippen molar-refractivity contribution in [1.82, 2.24) is 10.3 Å². The molecule has 0 unspecified atom stereocenters. The van der Waals surface area contributed by atoms with Crippen LogP contribution in [0.1, 0.15) is 56.9 Å². The van der Waals surface area contributed by atoms with E-state index in [2.05, 4.69) is 50.3 Å². The Morgan fingerprint density at radius 1 is 1.17 bits per heavy atom. The molecule has 0 bridgehead atoms. The zero-order valence-corrected chi connectivity index (χ0v) is 12.0. The predicted octanol–water partition coefficient (Wildman–Crippen LogP) is 3.74. The van der Waals surface area contributed by atoms with Crippen LogP contribution in [0.4, 0.5) is 0 Å². The summed E-state index contributed by atoms with van der Waals surface area (Å²) in [5.74, 6) is 0.998. The number of hydrogen-bond donors (Lipinski definition) is 1. The van der Waals surface area contributed by atoms with Crippen LogP contribution in [0.2, 0.25) is 0 Å². The van der Waals surface area contributed by atoms with Crippen LogP contribution in [0.25, 0.3) is 5.57 Å². The fraction of sp³-hybridized carbons (Fsp3) is 0.562. The molecule has 1 aliphatic heterocycles. The maximum absolute atomic E-state index is 4.63. The molecular formula is C16H24N2. The molecule has 1 N–H and O–H groups in total. The average molecular weight is 244 g/mol. The smallest absolute Gasteiger partial charge is 0.0507 e. The second-order valence-corrected chi connectivity index (χ2v) is 5.70. The summed E-state index contributed by atoms with van der Waals surface area (Å²) in [5.41, 5.74) is 5.52. The molecular weight excluding hydrogens is 220 g/mol. The van der Waals surface area contributed by atoms with Gasteiger partial charge in [-0.2, -0.15) is 0 Å². The highest BCUT2D eigenvalue weighted by molar-refractivity contribution is 5.71. The number of hydrogen-bond acceptors (Lipinski definition) is 2. The highest BCUT2D eigenvalue weighted by Crippen LogP contribution is 2.32. The van der Waals surface area contributed by atoms with Gasteiger partial charge in [-0.1, -0.05) is 27.7 Å². The zero-order valence-electron chi connectivity index (χ0n) is 12.0. The van der Waals surface area contributed by atoms with E-state index in [9.17, 15) is 0 Å². The lowest BCUT2D eigenvalue weighted by atomic mass is 9.86. The Labute approximate surface area is 111 Å². The van der Waals surface area contributed by atoms with Crippen molar-refractivity contribution < 1.29 is 0 Å². The zero-order chi connectivity index (χ0) is 13.1. The van der Waals surface area contributed by atoms with Crippen molar-refractivity contribution >= 4 is 5.57 Å². The summed E-state index contributed by atoms with van der Waals surface area (Å²) in [6, 6.07) is 2.20. The summed E-state index contributed by atoms with van der Waals surface area (Å²) in [5, 5.41) is 3.44. The highest BCUT2D eigenvalue weighted by atomic mass is 14.8. The number of aryl methyl sites for hydroxylation is 1. The van der Waals surface area contributed by atoms with Crippen molar-refractivity contribution in [3.8, 4) is 0 Å². The number of allylic oxidation sites excluding steroid dienone is 1. The van der Waals surface area contributed by atoms with E-state index < -0.39 is 0 Å². The van der Waals surface area contributed by atoms with Gasteiger partial charge in [0.15, 0.2) is 0 Å². The van der Waals surface area contributed by atoms with Gasteiger partial charge in [-0.15, -0.1) is 0 Å². The first-order valence-corrected chi connectivity index (χ1v) is 7.03. The van der Waals surface area contributed by atoms with Crippen molar-refractivity contribution in [2.45, 2.75) is 46.5 Å². The summed E-state index contributed by atoms with van der Waals surface area (Å²) in [7, 11) is 0. The SMILES string of the molecule is CC(C)/C1=C/NCCCc2ccnc(C(C)C)c21. The van der Waals surface area contributed by atoms with Gasteiger partial charge in [0.25, 0.3) is 0 Å². The molecule has 0 radical (unpaired) electrons. The van der Waals surface area contributed by atoms with E-state index in [1.807, 2.05) is 6.20 Å². The Bertz CT molecular complexity index is 444. The summed E-state index contributed by atoms with van der Waals surface area (Å²) in [6.45, 7) is 10.0. The Morgan fingerprint density at radius 3 is 2.61 bits per heavy atom. The minimum Gasteiger partial charge on any atom is -0.391 e.